The Morgan fingerprint density at radius 3 is 2.61 bits per heavy atom. The number of thiophene rings is 1. The molecule has 4 rings (SSSR count). The predicted molar refractivity (Wildman–Crippen MR) is 129 cm³/mol. The van der Waals surface area contributed by atoms with Gasteiger partial charge in [0.2, 0.25) is 15.9 Å². The Labute approximate surface area is 199 Å². The molecule has 178 valence electrons. The summed E-state index contributed by atoms with van der Waals surface area (Å²) in [5, 5.41) is 3.53. The molecule has 0 bridgehead atoms. The maximum atomic E-state index is 13.0. The van der Waals surface area contributed by atoms with Crippen molar-refractivity contribution in [1.82, 2.24) is 4.31 Å². The monoisotopic (exact) mass is 490 g/mol. The SMILES string of the molecule is COC(=O)c1c(NC(=O)C2CCN(S(=O)(=O)Cc3cccc(C)c3)CC2)sc2c1CCCC2. The Kier molecular flexibility index (Phi) is 7.21. The molecule has 0 spiro atoms. The molecule has 1 aliphatic carbocycles. The van der Waals surface area contributed by atoms with Crippen molar-refractivity contribution < 1.29 is 22.7 Å². The van der Waals surface area contributed by atoms with Gasteiger partial charge in [-0.1, -0.05) is 29.8 Å². The number of ether oxygens (including phenoxy) is 1. The highest BCUT2D eigenvalue weighted by Gasteiger charge is 2.33. The zero-order valence-electron chi connectivity index (χ0n) is 19.1. The fourth-order valence-electron chi connectivity index (χ4n) is 4.69. The molecule has 0 unspecified atom stereocenters. The molecule has 0 radical (unpaired) electrons. The van der Waals surface area contributed by atoms with Crippen molar-refractivity contribution in [1.29, 1.82) is 0 Å². The van der Waals surface area contributed by atoms with Crippen LogP contribution in [0.25, 0.3) is 0 Å². The molecule has 1 saturated heterocycles. The second kappa shape index (κ2) is 9.95. The summed E-state index contributed by atoms with van der Waals surface area (Å²) in [6, 6.07) is 7.51. The Bertz CT molecular complexity index is 1150. The minimum Gasteiger partial charge on any atom is -0.465 e. The molecule has 0 saturated carbocycles. The molecule has 2 aliphatic rings. The molecule has 1 aromatic carbocycles. The van der Waals surface area contributed by atoms with Gasteiger partial charge in [-0.25, -0.2) is 17.5 Å². The summed E-state index contributed by atoms with van der Waals surface area (Å²) in [5.41, 5.74) is 3.29. The Morgan fingerprint density at radius 2 is 1.91 bits per heavy atom. The van der Waals surface area contributed by atoms with Gasteiger partial charge in [-0.15, -0.1) is 11.3 Å². The molecule has 2 aromatic rings. The molecule has 1 aromatic heterocycles. The summed E-state index contributed by atoms with van der Waals surface area (Å²) in [4.78, 5) is 26.6. The molecule has 9 heteroatoms. The first kappa shape index (κ1) is 23.9. The number of nitrogens with one attached hydrogen (secondary N) is 1. The molecule has 7 nitrogen and oxygen atoms in total. The van der Waals surface area contributed by atoms with Gasteiger partial charge in [0, 0.05) is 23.9 Å². The molecule has 1 N–H and O–H groups in total. The second-order valence-electron chi connectivity index (χ2n) is 8.81. The summed E-state index contributed by atoms with van der Waals surface area (Å²) in [6.07, 6.45) is 4.75. The minimum atomic E-state index is -3.44. The van der Waals surface area contributed by atoms with Crippen molar-refractivity contribution in [2.45, 2.75) is 51.2 Å². The van der Waals surface area contributed by atoms with Crippen LogP contribution >= 0.6 is 11.3 Å². The van der Waals surface area contributed by atoms with Gasteiger partial charge in [0.1, 0.15) is 5.00 Å². The van der Waals surface area contributed by atoms with Crippen LogP contribution in [0.1, 0.15) is 57.6 Å². The summed E-state index contributed by atoms with van der Waals surface area (Å²) in [6.45, 7) is 2.57. The maximum Gasteiger partial charge on any atom is 0.341 e. The van der Waals surface area contributed by atoms with Gasteiger partial charge >= 0.3 is 5.97 Å². The van der Waals surface area contributed by atoms with Crippen LogP contribution in [-0.2, 0) is 38.1 Å². The van der Waals surface area contributed by atoms with Gasteiger partial charge in [0.05, 0.1) is 18.4 Å². The highest BCUT2D eigenvalue weighted by molar-refractivity contribution is 7.88. The number of sulfonamides is 1. The van der Waals surface area contributed by atoms with Gasteiger partial charge in [0.15, 0.2) is 0 Å². The third kappa shape index (κ3) is 5.31. The summed E-state index contributed by atoms with van der Waals surface area (Å²) in [5.74, 6) is -0.898. The van der Waals surface area contributed by atoms with Gasteiger partial charge in [0.25, 0.3) is 0 Å². The van der Waals surface area contributed by atoms with Gasteiger partial charge in [-0.05, 0) is 56.6 Å². The number of hydrogen-bond donors (Lipinski definition) is 1. The molecule has 0 atom stereocenters. The van der Waals surface area contributed by atoms with Gasteiger partial charge < -0.3 is 10.1 Å². The topological polar surface area (TPSA) is 92.8 Å². The molecular weight excluding hydrogens is 460 g/mol. The zero-order chi connectivity index (χ0) is 23.6. The number of methoxy groups -OCH3 is 1. The van der Waals surface area contributed by atoms with Crippen molar-refractivity contribution >= 4 is 38.2 Å². The van der Waals surface area contributed by atoms with Crippen LogP contribution in [0.2, 0.25) is 0 Å². The maximum absolute atomic E-state index is 13.0. The quantitative estimate of drug-likeness (QED) is 0.620. The van der Waals surface area contributed by atoms with E-state index in [2.05, 4.69) is 5.32 Å². The van der Waals surface area contributed by atoms with E-state index < -0.39 is 16.0 Å². The molecular formula is C24H30N2O5S2. The van der Waals surface area contributed by atoms with Gasteiger partial charge in [-0.3, -0.25) is 4.79 Å². The number of hydrogen-bond acceptors (Lipinski definition) is 6. The van der Waals surface area contributed by atoms with Crippen LogP contribution in [0.4, 0.5) is 5.00 Å². The molecule has 33 heavy (non-hydrogen) atoms. The molecule has 2 heterocycles. The lowest BCUT2D eigenvalue weighted by molar-refractivity contribution is -0.120. The number of rotatable bonds is 6. The van der Waals surface area contributed by atoms with Crippen LogP contribution in [0.15, 0.2) is 24.3 Å². The summed E-state index contributed by atoms with van der Waals surface area (Å²) < 4.78 is 32.2. The first-order chi connectivity index (χ1) is 15.8. The average molecular weight is 491 g/mol. The number of piperidine rings is 1. The summed E-state index contributed by atoms with van der Waals surface area (Å²) in [7, 11) is -2.09. The standard InChI is InChI=1S/C24H30N2O5S2/c1-16-6-5-7-17(14-16)15-33(29,30)26-12-10-18(11-13-26)22(27)25-23-21(24(28)31-2)19-8-3-4-9-20(19)32-23/h5-7,14,18H,3-4,8-13,15H2,1-2H3,(H,25,27). The average Bonchev–Trinajstić information content (AvgIpc) is 3.16. The van der Waals surface area contributed by atoms with Crippen LogP contribution in [0, 0.1) is 12.8 Å². The normalized spacial score (nSPS) is 17.4. The van der Waals surface area contributed by atoms with E-state index in [1.807, 2.05) is 31.2 Å². The van der Waals surface area contributed by atoms with Crippen LogP contribution in [0.3, 0.4) is 0 Å². The number of aryl methyl sites for hydroxylation is 2. The highest BCUT2D eigenvalue weighted by Crippen LogP contribution is 2.39. The third-order valence-electron chi connectivity index (χ3n) is 6.45. The first-order valence-electron chi connectivity index (χ1n) is 11.4. The van der Waals surface area contributed by atoms with E-state index in [1.165, 1.54) is 22.8 Å². The number of fused-ring (bicyclic) bond motifs is 1. The lowest BCUT2D eigenvalue weighted by atomic mass is 9.95. The molecule has 1 aliphatic heterocycles. The number of amides is 1. The fraction of sp³-hybridized carbons (Fsp3) is 0.500. The number of nitrogens with zero attached hydrogens (tertiary/aromatic N) is 1. The van der Waals surface area contributed by atoms with Crippen molar-refractivity contribution in [3.63, 3.8) is 0 Å². The number of carbonyl (C=O) groups is 2. The van der Waals surface area contributed by atoms with Crippen LogP contribution in [-0.4, -0.2) is 44.8 Å². The van der Waals surface area contributed by atoms with Crippen LogP contribution < -0.4 is 5.32 Å². The number of anilines is 1. The van der Waals surface area contributed by atoms with E-state index in [4.69, 9.17) is 4.74 Å². The zero-order valence-corrected chi connectivity index (χ0v) is 20.7. The van der Waals surface area contributed by atoms with E-state index in [1.54, 1.807) is 0 Å². The summed E-state index contributed by atoms with van der Waals surface area (Å²) >= 11 is 1.47. The van der Waals surface area contributed by atoms with Crippen LogP contribution in [0.5, 0.6) is 0 Å². The fourth-order valence-corrected chi connectivity index (χ4v) is 7.52. The number of carbonyl (C=O) groups excluding carboxylic acids is 2. The van der Waals surface area contributed by atoms with Crippen molar-refractivity contribution in [3.8, 4) is 0 Å². The smallest absolute Gasteiger partial charge is 0.341 e. The molecule has 1 amide bonds. The Hall–Kier alpha value is -2.23. The molecule has 1 fully saturated rings. The lowest BCUT2D eigenvalue weighted by Gasteiger charge is -2.30. The highest BCUT2D eigenvalue weighted by atomic mass is 32.2. The second-order valence-corrected chi connectivity index (χ2v) is 11.9. The first-order valence-corrected chi connectivity index (χ1v) is 13.8. The van der Waals surface area contributed by atoms with E-state index in [9.17, 15) is 18.0 Å². The number of benzene rings is 1. The Morgan fingerprint density at radius 1 is 1.18 bits per heavy atom. The van der Waals surface area contributed by atoms with Crippen molar-refractivity contribution in [2.75, 3.05) is 25.5 Å². The van der Waals surface area contributed by atoms with E-state index in [0.29, 0.717) is 36.5 Å². The Balaban J connectivity index is 1.40. The van der Waals surface area contributed by atoms with Crippen molar-refractivity contribution in [2.24, 2.45) is 5.92 Å². The number of esters is 1. The van der Waals surface area contributed by atoms with E-state index in [0.717, 1.165) is 47.3 Å². The van der Waals surface area contributed by atoms with E-state index >= 15 is 0 Å². The largest absolute Gasteiger partial charge is 0.465 e. The lowest BCUT2D eigenvalue weighted by Crippen LogP contribution is -2.41. The minimum absolute atomic E-state index is 0.0330. The van der Waals surface area contributed by atoms with Gasteiger partial charge in [-0.2, -0.15) is 0 Å². The van der Waals surface area contributed by atoms with Crippen molar-refractivity contribution in [3.05, 3.63) is 51.4 Å². The third-order valence-corrected chi connectivity index (χ3v) is 9.50. The predicted octanol–water partition coefficient (Wildman–Crippen LogP) is 3.90. The van der Waals surface area contributed by atoms with E-state index in [-0.39, 0.29) is 17.6 Å².